The Morgan fingerprint density at radius 3 is 1.80 bits per heavy atom. The van der Waals surface area contributed by atoms with Crippen molar-refractivity contribution in [1.82, 2.24) is 0 Å². The SMILES string of the molecule is C=C/C=C(/[NH-])C=C.CC.[Y]. The molecule has 0 bridgehead atoms. The van der Waals surface area contributed by atoms with Crippen LogP contribution in [0.5, 0.6) is 0 Å². The van der Waals surface area contributed by atoms with E-state index in [0.717, 1.165) is 0 Å². The van der Waals surface area contributed by atoms with E-state index in [2.05, 4.69) is 13.2 Å². The molecule has 0 unspecified atom stereocenters. The van der Waals surface area contributed by atoms with Gasteiger partial charge in [0.25, 0.3) is 0 Å². The van der Waals surface area contributed by atoms with Crippen LogP contribution in [0.25, 0.3) is 5.73 Å². The minimum absolute atomic E-state index is 0. The normalized spacial score (nSPS) is 8.00. The Morgan fingerprint density at radius 2 is 1.70 bits per heavy atom. The van der Waals surface area contributed by atoms with Crippen molar-refractivity contribution < 1.29 is 32.7 Å². The monoisotopic (exact) mass is 213 g/mol. The predicted octanol–water partition coefficient (Wildman–Crippen LogP) is 3.32. The second kappa shape index (κ2) is 16.1. The maximum Gasteiger partial charge on any atom is 0 e. The van der Waals surface area contributed by atoms with Gasteiger partial charge in [0, 0.05) is 32.7 Å². The predicted molar refractivity (Wildman–Crippen MR) is 44.1 cm³/mol. The molecule has 10 heavy (non-hydrogen) atoms. The molecule has 0 aromatic carbocycles. The van der Waals surface area contributed by atoms with Crippen molar-refractivity contribution in [2.75, 3.05) is 0 Å². The summed E-state index contributed by atoms with van der Waals surface area (Å²) >= 11 is 0. The summed E-state index contributed by atoms with van der Waals surface area (Å²) < 4.78 is 0. The smallest absolute Gasteiger partial charge is 0 e. The zero-order chi connectivity index (χ0) is 7.70. The Morgan fingerprint density at radius 1 is 1.30 bits per heavy atom. The van der Waals surface area contributed by atoms with Crippen molar-refractivity contribution in [2.24, 2.45) is 0 Å². The first-order chi connectivity index (χ1) is 4.31. The van der Waals surface area contributed by atoms with Gasteiger partial charge in [0.05, 0.1) is 0 Å². The van der Waals surface area contributed by atoms with E-state index >= 15 is 0 Å². The maximum absolute atomic E-state index is 6.89. The average Bonchev–Trinajstić information content (AvgIpc) is 1.93. The van der Waals surface area contributed by atoms with Gasteiger partial charge in [-0.1, -0.05) is 38.7 Å². The van der Waals surface area contributed by atoms with Gasteiger partial charge in [-0.3, -0.25) is 0 Å². The molecule has 1 radical (unpaired) electrons. The third-order valence-corrected chi connectivity index (χ3v) is 0.517. The summed E-state index contributed by atoms with van der Waals surface area (Å²) in [6.07, 6.45) is 4.60. The molecule has 0 spiro atoms. The van der Waals surface area contributed by atoms with Crippen molar-refractivity contribution in [2.45, 2.75) is 13.8 Å². The van der Waals surface area contributed by atoms with Gasteiger partial charge in [-0.15, -0.1) is 12.3 Å². The van der Waals surface area contributed by atoms with Crippen LogP contribution in [0.2, 0.25) is 0 Å². The number of allylic oxidation sites excluding steroid dienone is 3. The molecule has 0 amide bonds. The molecular weight excluding hydrogens is 199 g/mol. The zero-order valence-electron chi connectivity index (χ0n) is 6.72. The molecule has 0 saturated carbocycles. The van der Waals surface area contributed by atoms with E-state index < -0.39 is 0 Å². The first-order valence-electron chi connectivity index (χ1n) is 2.98. The summed E-state index contributed by atoms with van der Waals surface area (Å²) in [7, 11) is 0. The molecule has 0 aromatic rings. The molecule has 1 N–H and O–H groups in total. The van der Waals surface area contributed by atoms with Gasteiger partial charge in [0.15, 0.2) is 0 Å². The van der Waals surface area contributed by atoms with Crippen LogP contribution in [0, 0.1) is 0 Å². The Balaban J connectivity index is -0.000000149. The molecule has 0 saturated heterocycles. The third kappa shape index (κ3) is 15.7. The maximum atomic E-state index is 6.89. The molecule has 0 atom stereocenters. The van der Waals surface area contributed by atoms with Crippen LogP contribution in [0.3, 0.4) is 0 Å². The van der Waals surface area contributed by atoms with Crippen LogP contribution in [0.4, 0.5) is 0 Å². The average molecular weight is 213 g/mol. The van der Waals surface area contributed by atoms with Gasteiger partial charge >= 0.3 is 0 Å². The second-order valence-electron chi connectivity index (χ2n) is 1.06. The Bertz CT molecular complexity index is 106. The number of rotatable bonds is 2. The third-order valence-electron chi connectivity index (χ3n) is 0.517. The summed E-state index contributed by atoms with van der Waals surface area (Å²) in [4.78, 5) is 0. The molecule has 0 aliphatic heterocycles. The van der Waals surface area contributed by atoms with Gasteiger partial charge < -0.3 is 5.73 Å². The van der Waals surface area contributed by atoms with Gasteiger partial charge in [0.1, 0.15) is 0 Å². The molecule has 1 nitrogen and oxygen atoms in total. The van der Waals surface area contributed by atoms with Gasteiger partial charge in [-0.2, -0.15) is 0 Å². The van der Waals surface area contributed by atoms with Gasteiger partial charge in [-0.05, 0) is 0 Å². The van der Waals surface area contributed by atoms with Crippen molar-refractivity contribution >= 4 is 0 Å². The first-order valence-corrected chi connectivity index (χ1v) is 2.98. The molecule has 55 valence electrons. The number of hydrogen-bond donors (Lipinski definition) is 0. The van der Waals surface area contributed by atoms with E-state index in [4.69, 9.17) is 5.73 Å². The van der Waals surface area contributed by atoms with E-state index in [0.29, 0.717) is 5.70 Å². The molecular formula is C8H14NY-. The molecule has 0 aliphatic carbocycles. The quantitative estimate of drug-likeness (QED) is 0.628. The van der Waals surface area contributed by atoms with Crippen LogP contribution in [0.1, 0.15) is 13.8 Å². The fraction of sp³-hybridized carbons (Fsp3) is 0.250. The molecule has 0 aromatic heterocycles. The van der Waals surface area contributed by atoms with Crippen molar-refractivity contribution in [3.8, 4) is 0 Å². The summed E-state index contributed by atoms with van der Waals surface area (Å²) in [5, 5.41) is 0. The van der Waals surface area contributed by atoms with Gasteiger partial charge in [-0.25, -0.2) is 0 Å². The Labute approximate surface area is 89.0 Å². The Kier molecular flexibility index (Phi) is 26.7. The molecule has 2 heteroatoms. The summed E-state index contributed by atoms with van der Waals surface area (Å²) in [5.41, 5.74) is 7.29. The van der Waals surface area contributed by atoms with Crippen LogP contribution in [-0.4, -0.2) is 0 Å². The largest absolute Gasteiger partial charge is 0.699 e. The molecule has 0 fully saturated rings. The second-order valence-corrected chi connectivity index (χ2v) is 1.06. The summed E-state index contributed by atoms with van der Waals surface area (Å²) in [5.74, 6) is 0. The number of nitrogens with one attached hydrogen (secondary N) is 1. The van der Waals surface area contributed by atoms with E-state index in [-0.39, 0.29) is 32.7 Å². The minimum atomic E-state index is 0. The fourth-order valence-corrected chi connectivity index (χ4v) is 0.195. The van der Waals surface area contributed by atoms with Crippen molar-refractivity contribution in [3.63, 3.8) is 0 Å². The van der Waals surface area contributed by atoms with Crippen LogP contribution >= 0.6 is 0 Å². The summed E-state index contributed by atoms with van der Waals surface area (Å²) in [6.45, 7) is 10.8. The fourth-order valence-electron chi connectivity index (χ4n) is 0.195. The number of hydrogen-bond acceptors (Lipinski definition) is 0. The van der Waals surface area contributed by atoms with Crippen LogP contribution < -0.4 is 0 Å². The minimum Gasteiger partial charge on any atom is -0.699 e. The zero-order valence-corrected chi connectivity index (χ0v) is 9.56. The van der Waals surface area contributed by atoms with Crippen molar-refractivity contribution in [3.05, 3.63) is 42.8 Å². The first kappa shape index (κ1) is 16.6. The standard InChI is InChI=1S/C6H8N.C2H6.Y/c1-3-5-6(7)4-2;1-2;/h3-5,7H,1-2H2;1-2H3;/q-1;;/b6-5+;;. The van der Waals surface area contributed by atoms with Crippen molar-refractivity contribution in [1.29, 1.82) is 0 Å². The van der Waals surface area contributed by atoms with Crippen LogP contribution in [-0.2, 0) is 32.7 Å². The van der Waals surface area contributed by atoms with E-state index in [1.165, 1.54) is 6.08 Å². The van der Waals surface area contributed by atoms with E-state index in [1.807, 2.05) is 13.8 Å². The van der Waals surface area contributed by atoms with Crippen LogP contribution in [0.15, 0.2) is 37.1 Å². The molecule has 0 aliphatic rings. The summed E-state index contributed by atoms with van der Waals surface area (Å²) in [6, 6.07) is 0. The van der Waals surface area contributed by atoms with E-state index in [9.17, 15) is 0 Å². The molecule has 0 heterocycles. The van der Waals surface area contributed by atoms with Gasteiger partial charge in [0.2, 0.25) is 0 Å². The topological polar surface area (TPSA) is 23.8 Å². The van der Waals surface area contributed by atoms with E-state index in [1.54, 1.807) is 12.2 Å². The Hall–Kier alpha value is 0.124. The molecule has 0 rings (SSSR count).